The second-order valence-corrected chi connectivity index (χ2v) is 5.35. The first-order valence-corrected chi connectivity index (χ1v) is 7.96. The van der Waals surface area contributed by atoms with Crippen molar-refractivity contribution in [2.45, 2.75) is 13.1 Å². The lowest BCUT2D eigenvalue weighted by molar-refractivity contribution is -0.154. The van der Waals surface area contributed by atoms with Crippen LogP contribution in [0.1, 0.15) is 17.3 Å². The van der Waals surface area contributed by atoms with Crippen molar-refractivity contribution in [1.82, 2.24) is 15.6 Å². The van der Waals surface area contributed by atoms with E-state index in [-0.39, 0.29) is 35.9 Å². The Morgan fingerprint density at radius 3 is 2.57 bits per heavy atom. The standard InChI is InChI=1S/C16H16F3N3O6/c1-2-26-14(24)10-6-21-15(25)22-11(10)7-27-13(23)9-3-4-12(20-5-9)28-8-16(17,18)19/h3-5H,2,6-8H2,1H3,(H2,21,22,25). The molecule has 0 aliphatic carbocycles. The van der Waals surface area contributed by atoms with Gasteiger partial charge in [-0.25, -0.2) is 19.4 Å². The average Bonchev–Trinajstić information content (AvgIpc) is 2.64. The summed E-state index contributed by atoms with van der Waals surface area (Å²) in [5.41, 5.74) is 0.106. The van der Waals surface area contributed by atoms with Crippen molar-refractivity contribution in [2.75, 3.05) is 26.4 Å². The number of nitrogens with zero attached hydrogens (tertiary/aromatic N) is 1. The van der Waals surface area contributed by atoms with Crippen molar-refractivity contribution in [3.8, 4) is 5.88 Å². The van der Waals surface area contributed by atoms with Crippen molar-refractivity contribution < 1.29 is 41.8 Å². The molecule has 12 heteroatoms. The summed E-state index contributed by atoms with van der Waals surface area (Å²) in [7, 11) is 0. The zero-order chi connectivity index (χ0) is 20.7. The number of carbonyl (C=O) groups excluding carboxylic acids is 3. The van der Waals surface area contributed by atoms with E-state index >= 15 is 0 Å². The molecule has 1 aliphatic rings. The number of amides is 2. The van der Waals surface area contributed by atoms with E-state index in [1.165, 1.54) is 6.07 Å². The van der Waals surface area contributed by atoms with Gasteiger partial charge in [0.25, 0.3) is 0 Å². The number of carbonyl (C=O) groups is 3. The molecule has 0 aromatic carbocycles. The van der Waals surface area contributed by atoms with Crippen LogP contribution < -0.4 is 15.4 Å². The highest BCUT2D eigenvalue weighted by atomic mass is 19.4. The summed E-state index contributed by atoms with van der Waals surface area (Å²) in [6.45, 7) is -0.292. The third-order valence-electron chi connectivity index (χ3n) is 3.28. The van der Waals surface area contributed by atoms with Crippen LogP contribution in [0, 0.1) is 0 Å². The fourth-order valence-corrected chi connectivity index (χ4v) is 2.03. The van der Waals surface area contributed by atoms with Gasteiger partial charge in [-0.2, -0.15) is 13.2 Å². The van der Waals surface area contributed by atoms with Crippen molar-refractivity contribution in [3.05, 3.63) is 35.2 Å². The van der Waals surface area contributed by atoms with Crippen LogP contribution >= 0.6 is 0 Å². The smallest absolute Gasteiger partial charge is 0.422 e. The summed E-state index contributed by atoms with van der Waals surface area (Å²) in [4.78, 5) is 39.0. The van der Waals surface area contributed by atoms with Gasteiger partial charge in [0.2, 0.25) is 5.88 Å². The molecular formula is C16H16F3N3O6. The summed E-state index contributed by atoms with van der Waals surface area (Å²) in [6.07, 6.45) is -3.53. The summed E-state index contributed by atoms with van der Waals surface area (Å²) >= 11 is 0. The molecule has 1 aromatic rings. The first-order chi connectivity index (χ1) is 13.2. The fraction of sp³-hybridized carbons (Fsp3) is 0.375. The van der Waals surface area contributed by atoms with Gasteiger partial charge in [0, 0.05) is 12.3 Å². The highest BCUT2D eigenvalue weighted by molar-refractivity contribution is 5.94. The molecular weight excluding hydrogens is 387 g/mol. The van der Waals surface area contributed by atoms with Gasteiger partial charge in [0.1, 0.15) is 6.61 Å². The van der Waals surface area contributed by atoms with E-state index < -0.39 is 37.4 Å². The Hall–Kier alpha value is -3.31. The molecule has 0 saturated carbocycles. The number of aromatic nitrogens is 1. The van der Waals surface area contributed by atoms with Crippen molar-refractivity contribution in [2.24, 2.45) is 0 Å². The number of esters is 2. The predicted molar refractivity (Wildman–Crippen MR) is 86.3 cm³/mol. The number of hydrogen-bond acceptors (Lipinski definition) is 7. The van der Waals surface area contributed by atoms with Gasteiger partial charge in [-0.3, -0.25) is 0 Å². The van der Waals surface area contributed by atoms with Crippen LogP contribution in [0.15, 0.2) is 29.6 Å². The molecule has 1 aromatic heterocycles. The number of ether oxygens (including phenoxy) is 3. The van der Waals surface area contributed by atoms with Gasteiger partial charge in [-0.05, 0) is 13.0 Å². The first-order valence-electron chi connectivity index (χ1n) is 7.96. The number of halogens is 3. The molecule has 0 unspecified atom stereocenters. The number of urea groups is 1. The maximum atomic E-state index is 12.1. The Morgan fingerprint density at radius 1 is 1.21 bits per heavy atom. The lowest BCUT2D eigenvalue weighted by atomic mass is 10.1. The molecule has 9 nitrogen and oxygen atoms in total. The highest BCUT2D eigenvalue weighted by Crippen LogP contribution is 2.17. The minimum absolute atomic E-state index is 0.0575. The zero-order valence-corrected chi connectivity index (χ0v) is 14.6. The molecule has 2 amide bonds. The molecule has 152 valence electrons. The van der Waals surface area contributed by atoms with Gasteiger partial charge < -0.3 is 24.8 Å². The van der Waals surface area contributed by atoms with Gasteiger partial charge in [0.05, 0.1) is 30.0 Å². The summed E-state index contributed by atoms with van der Waals surface area (Å²) in [5.74, 6) is -1.85. The molecule has 0 fully saturated rings. The molecule has 0 atom stereocenters. The molecule has 0 radical (unpaired) electrons. The number of nitrogens with one attached hydrogen (secondary N) is 2. The minimum atomic E-state index is -4.51. The van der Waals surface area contributed by atoms with E-state index in [4.69, 9.17) is 9.47 Å². The Kier molecular flexibility index (Phi) is 6.79. The van der Waals surface area contributed by atoms with Crippen molar-refractivity contribution in [1.29, 1.82) is 0 Å². The second kappa shape index (κ2) is 9.06. The zero-order valence-electron chi connectivity index (χ0n) is 14.6. The quantitative estimate of drug-likeness (QED) is 0.660. The van der Waals surface area contributed by atoms with E-state index in [1.54, 1.807) is 6.92 Å². The minimum Gasteiger partial charge on any atom is -0.468 e. The summed E-state index contributed by atoms with van der Waals surface area (Å²) in [6, 6.07) is 1.67. The summed E-state index contributed by atoms with van der Waals surface area (Å²) in [5, 5.41) is 4.76. The van der Waals surface area contributed by atoms with E-state index in [0.717, 1.165) is 12.3 Å². The van der Waals surface area contributed by atoms with Crippen LogP contribution in [0.2, 0.25) is 0 Å². The van der Waals surface area contributed by atoms with Crippen LogP contribution in [0.25, 0.3) is 0 Å². The molecule has 2 rings (SSSR count). The van der Waals surface area contributed by atoms with Crippen molar-refractivity contribution >= 4 is 18.0 Å². The second-order valence-electron chi connectivity index (χ2n) is 5.35. The molecule has 2 N–H and O–H groups in total. The van der Waals surface area contributed by atoms with Crippen LogP contribution in [-0.2, 0) is 14.3 Å². The topological polar surface area (TPSA) is 116 Å². The van der Waals surface area contributed by atoms with E-state index in [1.807, 2.05) is 0 Å². The maximum Gasteiger partial charge on any atom is 0.422 e. The largest absolute Gasteiger partial charge is 0.468 e. The molecule has 0 saturated heterocycles. The van der Waals surface area contributed by atoms with Crippen LogP contribution in [0.3, 0.4) is 0 Å². The molecule has 2 heterocycles. The highest BCUT2D eigenvalue weighted by Gasteiger charge is 2.29. The average molecular weight is 403 g/mol. The van der Waals surface area contributed by atoms with Gasteiger partial charge >= 0.3 is 24.1 Å². The third-order valence-corrected chi connectivity index (χ3v) is 3.28. The van der Waals surface area contributed by atoms with Gasteiger partial charge in [0.15, 0.2) is 6.61 Å². The number of pyridine rings is 1. The Labute approximate surface area is 156 Å². The summed E-state index contributed by atoms with van der Waals surface area (Å²) < 4.78 is 50.6. The Balaban J connectivity index is 1.99. The Bertz CT molecular complexity index is 777. The molecule has 1 aliphatic heterocycles. The normalized spacial score (nSPS) is 14.1. The number of rotatable bonds is 7. The van der Waals surface area contributed by atoms with Gasteiger partial charge in [-0.1, -0.05) is 0 Å². The van der Waals surface area contributed by atoms with E-state index in [9.17, 15) is 27.6 Å². The van der Waals surface area contributed by atoms with Crippen LogP contribution in [0.5, 0.6) is 5.88 Å². The third kappa shape index (κ3) is 6.14. The number of alkyl halides is 3. The Morgan fingerprint density at radius 2 is 1.96 bits per heavy atom. The van der Waals surface area contributed by atoms with E-state index in [2.05, 4.69) is 20.4 Å². The lowest BCUT2D eigenvalue weighted by Gasteiger charge is -2.21. The molecule has 0 bridgehead atoms. The van der Waals surface area contributed by atoms with Crippen molar-refractivity contribution in [3.63, 3.8) is 0 Å². The van der Waals surface area contributed by atoms with E-state index in [0.29, 0.717) is 0 Å². The monoisotopic (exact) mass is 403 g/mol. The van der Waals surface area contributed by atoms with Crippen LogP contribution in [0.4, 0.5) is 18.0 Å². The first kappa shape index (κ1) is 21.0. The maximum absolute atomic E-state index is 12.1. The number of hydrogen-bond donors (Lipinski definition) is 2. The lowest BCUT2D eigenvalue weighted by Crippen LogP contribution is -2.45. The fourth-order valence-electron chi connectivity index (χ4n) is 2.03. The SMILES string of the molecule is CCOC(=O)C1=C(COC(=O)c2ccc(OCC(F)(F)F)nc2)NC(=O)NC1. The van der Waals surface area contributed by atoms with Crippen LogP contribution in [-0.4, -0.2) is 55.5 Å². The molecule has 28 heavy (non-hydrogen) atoms. The predicted octanol–water partition coefficient (Wildman–Crippen LogP) is 1.31. The molecule has 0 spiro atoms. The van der Waals surface area contributed by atoms with Gasteiger partial charge in [-0.15, -0.1) is 0 Å².